The lowest BCUT2D eigenvalue weighted by atomic mass is 10.0. The molecule has 0 saturated carbocycles. The summed E-state index contributed by atoms with van der Waals surface area (Å²) >= 11 is 0. The number of halogens is 3. The van der Waals surface area contributed by atoms with Crippen molar-refractivity contribution in [1.29, 1.82) is 0 Å². The Morgan fingerprint density at radius 3 is 2.45 bits per heavy atom. The zero-order valence-electron chi connectivity index (χ0n) is 17.3. The molecule has 0 aliphatic carbocycles. The highest BCUT2D eigenvalue weighted by molar-refractivity contribution is 5.92. The lowest BCUT2D eigenvalue weighted by Gasteiger charge is -2.18. The first-order valence-electron chi connectivity index (χ1n) is 9.92. The molecule has 6 nitrogen and oxygen atoms in total. The second-order valence-corrected chi connectivity index (χ2v) is 7.29. The predicted molar refractivity (Wildman–Crippen MR) is 114 cm³/mol. The summed E-state index contributed by atoms with van der Waals surface area (Å²) in [5.41, 5.74) is -0.910. The molecule has 2 aromatic heterocycles. The molecule has 2 aromatic carbocycles. The first-order chi connectivity index (χ1) is 15.7. The number of aromatic nitrogens is 2. The molecular formula is C24H18F3N3O3. The molecule has 1 atom stereocenters. The topological polar surface area (TPSA) is 77.1 Å². The minimum Gasteiger partial charge on any atom is -0.467 e. The van der Waals surface area contributed by atoms with E-state index < -0.39 is 34.8 Å². The molecular weight excluding hydrogens is 435 g/mol. The van der Waals surface area contributed by atoms with Gasteiger partial charge in [-0.2, -0.15) is 18.3 Å². The molecule has 4 rings (SSSR count). The van der Waals surface area contributed by atoms with E-state index in [0.29, 0.717) is 11.3 Å². The molecule has 168 valence electrons. The van der Waals surface area contributed by atoms with E-state index in [1.807, 2.05) is 6.07 Å². The highest BCUT2D eigenvalue weighted by atomic mass is 19.4. The normalized spacial score (nSPS) is 12.4. The quantitative estimate of drug-likeness (QED) is 0.476. The summed E-state index contributed by atoms with van der Waals surface area (Å²) in [6.07, 6.45) is -3.09. The van der Waals surface area contributed by atoms with E-state index in [-0.39, 0.29) is 11.4 Å². The van der Waals surface area contributed by atoms with Gasteiger partial charge in [0.2, 0.25) is 5.43 Å². The molecule has 0 radical (unpaired) electrons. The number of alkyl halides is 3. The van der Waals surface area contributed by atoms with Gasteiger partial charge < -0.3 is 9.73 Å². The largest absolute Gasteiger partial charge is 0.467 e. The number of amides is 1. The van der Waals surface area contributed by atoms with Crippen LogP contribution >= 0.6 is 0 Å². The van der Waals surface area contributed by atoms with Gasteiger partial charge in [-0.15, -0.1) is 0 Å². The predicted octanol–water partition coefficient (Wildman–Crippen LogP) is 4.67. The number of nitrogens with one attached hydrogen (secondary N) is 1. The van der Waals surface area contributed by atoms with Gasteiger partial charge >= 0.3 is 6.18 Å². The maximum atomic E-state index is 13.1. The number of aryl methyl sites for hydroxylation is 1. The SMILES string of the molecule is Cc1cc(=O)c(C(=O)NC(c2ccccc2)c2ccco2)nn1-c1cccc(C(F)(F)F)c1. The highest BCUT2D eigenvalue weighted by Crippen LogP contribution is 2.30. The zero-order chi connectivity index (χ0) is 23.6. The third kappa shape index (κ3) is 4.72. The maximum absolute atomic E-state index is 13.1. The van der Waals surface area contributed by atoms with E-state index in [1.54, 1.807) is 36.4 Å². The van der Waals surface area contributed by atoms with Crippen molar-refractivity contribution >= 4 is 5.91 Å². The van der Waals surface area contributed by atoms with Crippen LogP contribution in [0.5, 0.6) is 0 Å². The van der Waals surface area contributed by atoms with Crippen LogP contribution in [-0.2, 0) is 6.18 Å². The van der Waals surface area contributed by atoms with Gasteiger partial charge in [0.05, 0.1) is 17.5 Å². The second kappa shape index (κ2) is 8.78. The number of carbonyl (C=O) groups is 1. The van der Waals surface area contributed by atoms with Crippen LogP contribution in [0.3, 0.4) is 0 Å². The van der Waals surface area contributed by atoms with Crippen LogP contribution in [0.1, 0.15) is 39.1 Å². The first-order valence-corrected chi connectivity index (χ1v) is 9.92. The maximum Gasteiger partial charge on any atom is 0.416 e. The molecule has 0 aliphatic heterocycles. The number of furan rings is 1. The van der Waals surface area contributed by atoms with Crippen LogP contribution in [0, 0.1) is 6.92 Å². The molecule has 1 amide bonds. The van der Waals surface area contributed by atoms with Crippen molar-refractivity contribution < 1.29 is 22.4 Å². The first kappa shape index (κ1) is 22.1. The van der Waals surface area contributed by atoms with Crippen LogP contribution in [0.4, 0.5) is 13.2 Å². The van der Waals surface area contributed by atoms with E-state index in [4.69, 9.17) is 4.42 Å². The summed E-state index contributed by atoms with van der Waals surface area (Å²) in [6.45, 7) is 1.52. The third-order valence-corrected chi connectivity index (χ3v) is 4.98. The van der Waals surface area contributed by atoms with Gasteiger partial charge in [-0.1, -0.05) is 36.4 Å². The van der Waals surface area contributed by atoms with Crippen LogP contribution in [-0.4, -0.2) is 15.7 Å². The molecule has 1 N–H and O–H groups in total. The van der Waals surface area contributed by atoms with Crippen molar-refractivity contribution in [3.05, 3.63) is 118 Å². The van der Waals surface area contributed by atoms with Gasteiger partial charge in [-0.3, -0.25) is 9.59 Å². The molecule has 2 heterocycles. The van der Waals surface area contributed by atoms with E-state index >= 15 is 0 Å². The number of carbonyl (C=O) groups excluding carboxylic acids is 1. The number of hydrogen-bond donors (Lipinski definition) is 1. The van der Waals surface area contributed by atoms with Gasteiger partial charge in [0, 0.05) is 11.8 Å². The molecule has 0 spiro atoms. The fraction of sp³-hybridized carbons (Fsp3) is 0.125. The minimum atomic E-state index is -4.55. The van der Waals surface area contributed by atoms with Crippen LogP contribution in [0.15, 0.2) is 88.3 Å². The van der Waals surface area contributed by atoms with Gasteiger partial charge in [-0.05, 0) is 42.8 Å². The number of hydrogen-bond acceptors (Lipinski definition) is 4. The Morgan fingerprint density at radius 2 is 1.79 bits per heavy atom. The monoisotopic (exact) mass is 453 g/mol. The summed E-state index contributed by atoms with van der Waals surface area (Å²) < 4.78 is 46.0. The van der Waals surface area contributed by atoms with E-state index in [9.17, 15) is 22.8 Å². The molecule has 4 aromatic rings. The molecule has 0 saturated heterocycles. The lowest BCUT2D eigenvalue weighted by Crippen LogP contribution is -2.35. The Labute approximate surface area is 186 Å². The van der Waals surface area contributed by atoms with E-state index in [1.165, 1.54) is 25.3 Å². The van der Waals surface area contributed by atoms with Gasteiger partial charge in [0.1, 0.15) is 11.8 Å². The Hall–Kier alpha value is -4.14. The number of rotatable bonds is 5. The smallest absolute Gasteiger partial charge is 0.416 e. The zero-order valence-corrected chi connectivity index (χ0v) is 17.3. The molecule has 0 aliphatic rings. The summed E-state index contributed by atoms with van der Waals surface area (Å²) in [5, 5.41) is 6.83. The molecule has 0 fully saturated rings. The van der Waals surface area contributed by atoms with Crippen molar-refractivity contribution in [3.8, 4) is 5.69 Å². The minimum absolute atomic E-state index is 0.0713. The summed E-state index contributed by atoms with van der Waals surface area (Å²) in [7, 11) is 0. The second-order valence-electron chi connectivity index (χ2n) is 7.29. The Bertz CT molecular complexity index is 1330. The third-order valence-electron chi connectivity index (χ3n) is 4.98. The summed E-state index contributed by atoms with van der Waals surface area (Å²) in [4.78, 5) is 25.6. The summed E-state index contributed by atoms with van der Waals surface area (Å²) in [5.74, 6) is -0.342. The molecule has 9 heteroatoms. The molecule has 1 unspecified atom stereocenters. The fourth-order valence-electron chi connectivity index (χ4n) is 3.40. The van der Waals surface area contributed by atoms with Crippen molar-refractivity contribution in [2.24, 2.45) is 0 Å². The van der Waals surface area contributed by atoms with Crippen molar-refractivity contribution in [1.82, 2.24) is 15.1 Å². The highest BCUT2D eigenvalue weighted by Gasteiger charge is 2.31. The molecule has 0 bridgehead atoms. The van der Waals surface area contributed by atoms with E-state index in [0.717, 1.165) is 22.9 Å². The van der Waals surface area contributed by atoms with Crippen molar-refractivity contribution in [2.75, 3.05) is 0 Å². The lowest BCUT2D eigenvalue weighted by molar-refractivity contribution is -0.137. The van der Waals surface area contributed by atoms with Crippen molar-refractivity contribution in [2.45, 2.75) is 19.1 Å². The fourth-order valence-corrected chi connectivity index (χ4v) is 3.40. The van der Waals surface area contributed by atoms with Gasteiger partial charge in [0.15, 0.2) is 5.69 Å². The van der Waals surface area contributed by atoms with Gasteiger partial charge in [0.25, 0.3) is 5.91 Å². The Balaban J connectivity index is 1.72. The summed E-state index contributed by atoms with van der Waals surface area (Å²) in [6, 6.07) is 17.3. The molecule has 33 heavy (non-hydrogen) atoms. The number of benzene rings is 2. The van der Waals surface area contributed by atoms with Crippen LogP contribution < -0.4 is 10.7 Å². The van der Waals surface area contributed by atoms with E-state index in [2.05, 4.69) is 10.4 Å². The average molecular weight is 453 g/mol. The van der Waals surface area contributed by atoms with Crippen LogP contribution in [0.2, 0.25) is 0 Å². The van der Waals surface area contributed by atoms with Gasteiger partial charge in [-0.25, -0.2) is 4.68 Å². The Kier molecular flexibility index (Phi) is 5.87. The Morgan fingerprint density at radius 1 is 1.03 bits per heavy atom. The van der Waals surface area contributed by atoms with Crippen LogP contribution in [0.25, 0.3) is 5.69 Å². The number of nitrogens with zero attached hydrogens (tertiary/aromatic N) is 2. The average Bonchev–Trinajstić information content (AvgIpc) is 3.32. The standard InChI is InChI=1S/C24H18F3N3O3/c1-15-13-19(31)22(29-30(15)18-10-5-9-17(14-18)24(25,26)27)23(32)28-21(20-11-6-12-33-20)16-7-3-2-4-8-16/h2-14,21H,1H3,(H,28,32). The van der Waals surface area contributed by atoms with Crippen molar-refractivity contribution in [3.63, 3.8) is 0 Å².